The molecule has 4 heterocycles. The Hall–Kier alpha value is -2.48. The lowest BCUT2D eigenvalue weighted by Gasteiger charge is -2.32. The van der Waals surface area contributed by atoms with Crippen LogP contribution in [0.2, 0.25) is 0 Å². The van der Waals surface area contributed by atoms with Crippen LogP contribution in [0.4, 0.5) is 13.2 Å². The molecule has 1 aliphatic heterocycles. The van der Waals surface area contributed by atoms with Crippen molar-refractivity contribution in [3.05, 3.63) is 58.8 Å². The Kier molecular flexibility index (Phi) is 4.82. The minimum atomic E-state index is -4.47. The monoisotopic (exact) mass is 389 g/mol. The van der Waals surface area contributed by atoms with Crippen LogP contribution in [0, 0.1) is 13.8 Å². The molecule has 0 aliphatic carbocycles. The number of halogens is 3. The molecule has 0 unspecified atom stereocenters. The minimum absolute atomic E-state index is 0.0963. The van der Waals surface area contributed by atoms with Crippen molar-refractivity contribution in [2.75, 3.05) is 13.1 Å². The highest BCUT2D eigenvalue weighted by molar-refractivity contribution is 5.43. The fraction of sp³-hybridized carbons (Fsp3) is 0.450. The van der Waals surface area contributed by atoms with Gasteiger partial charge in [0.05, 0.1) is 5.69 Å². The van der Waals surface area contributed by atoms with Gasteiger partial charge in [-0.1, -0.05) is 0 Å². The molecule has 1 aliphatic rings. The van der Waals surface area contributed by atoms with E-state index in [9.17, 15) is 13.2 Å². The zero-order chi connectivity index (χ0) is 19.9. The highest BCUT2D eigenvalue weighted by Crippen LogP contribution is 2.32. The Morgan fingerprint density at radius 2 is 2.04 bits per heavy atom. The predicted molar refractivity (Wildman–Crippen MR) is 99.0 cm³/mol. The second-order valence-electron chi connectivity index (χ2n) is 7.50. The number of fused-ring (bicyclic) bond motifs is 1. The van der Waals surface area contributed by atoms with E-state index in [-0.39, 0.29) is 11.6 Å². The fourth-order valence-electron chi connectivity index (χ4n) is 3.88. The Bertz CT molecular complexity index is 995. The number of alkyl halides is 3. The van der Waals surface area contributed by atoms with E-state index in [0.717, 1.165) is 48.6 Å². The Balaban J connectivity index is 1.60. The smallest absolute Gasteiger partial charge is 0.298 e. The van der Waals surface area contributed by atoms with E-state index in [1.165, 1.54) is 5.56 Å². The Labute approximate surface area is 161 Å². The van der Waals surface area contributed by atoms with E-state index >= 15 is 0 Å². The summed E-state index contributed by atoms with van der Waals surface area (Å²) in [6.45, 7) is 6.16. The SMILES string of the molecule is Cc1cc(C(F)(F)F)n2nc([C@@H]3CCCN(Cc4ccncc4C)C3)cc2n1. The van der Waals surface area contributed by atoms with Gasteiger partial charge in [-0.15, -0.1) is 0 Å². The van der Waals surface area contributed by atoms with Crippen LogP contribution < -0.4 is 0 Å². The fourth-order valence-corrected chi connectivity index (χ4v) is 3.88. The Morgan fingerprint density at radius 1 is 1.21 bits per heavy atom. The molecule has 4 rings (SSSR count). The average molecular weight is 389 g/mol. The van der Waals surface area contributed by atoms with E-state index < -0.39 is 11.9 Å². The molecule has 0 radical (unpaired) electrons. The van der Waals surface area contributed by atoms with E-state index in [0.29, 0.717) is 11.4 Å². The standard InChI is InChI=1S/C20H22F3N5/c1-13-10-24-6-5-15(13)11-27-7-3-4-16(12-27)17-9-19-25-14(2)8-18(20(21,22)23)28(19)26-17/h5-6,8-10,16H,3-4,7,11-12H2,1-2H3/t16-/m1/s1. The summed E-state index contributed by atoms with van der Waals surface area (Å²) in [4.78, 5) is 10.7. The lowest BCUT2D eigenvalue weighted by Crippen LogP contribution is -2.34. The maximum atomic E-state index is 13.4. The normalized spacial score (nSPS) is 18.7. The van der Waals surface area contributed by atoms with Gasteiger partial charge in [0.25, 0.3) is 0 Å². The first-order chi connectivity index (χ1) is 13.3. The molecular formula is C20H22F3N5. The van der Waals surface area contributed by atoms with E-state index in [1.54, 1.807) is 19.2 Å². The van der Waals surface area contributed by atoms with Gasteiger partial charge < -0.3 is 0 Å². The van der Waals surface area contributed by atoms with Crippen LogP contribution >= 0.6 is 0 Å². The van der Waals surface area contributed by atoms with Crippen LogP contribution in [-0.4, -0.2) is 37.6 Å². The van der Waals surface area contributed by atoms with Crippen molar-refractivity contribution in [2.45, 2.75) is 45.3 Å². The molecule has 5 nitrogen and oxygen atoms in total. The molecule has 0 aromatic carbocycles. The largest absolute Gasteiger partial charge is 0.433 e. The number of aromatic nitrogens is 4. The van der Waals surface area contributed by atoms with Crippen LogP contribution in [0.1, 0.15) is 47.0 Å². The van der Waals surface area contributed by atoms with Gasteiger partial charge in [0.2, 0.25) is 0 Å². The first kappa shape index (κ1) is 18.9. The van der Waals surface area contributed by atoms with Crippen molar-refractivity contribution < 1.29 is 13.2 Å². The summed E-state index contributed by atoms with van der Waals surface area (Å²) >= 11 is 0. The van der Waals surface area contributed by atoms with Crippen LogP contribution in [0.5, 0.6) is 0 Å². The summed E-state index contributed by atoms with van der Waals surface area (Å²) in [7, 11) is 0. The van der Waals surface area contributed by atoms with Gasteiger partial charge in [0, 0.05) is 43.2 Å². The summed E-state index contributed by atoms with van der Waals surface area (Å²) in [5.41, 5.74) is 2.87. The van der Waals surface area contributed by atoms with Crippen LogP contribution in [-0.2, 0) is 12.7 Å². The maximum absolute atomic E-state index is 13.4. The van der Waals surface area contributed by atoms with Crippen molar-refractivity contribution in [1.82, 2.24) is 24.5 Å². The Morgan fingerprint density at radius 3 is 2.79 bits per heavy atom. The summed E-state index contributed by atoms with van der Waals surface area (Å²) in [5.74, 6) is 0.0963. The summed E-state index contributed by atoms with van der Waals surface area (Å²) in [5, 5.41) is 4.30. The van der Waals surface area contributed by atoms with Crippen molar-refractivity contribution in [3.63, 3.8) is 0 Å². The van der Waals surface area contributed by atoms with Gasteiger partial charge in [0.1, 0.15) is 5.69 Å². The van der Waals surface area contributed by atoms with Crippen LogP contribution in [0.3, 0.4) is 0 Å². The van der Waals surface area contributed by atoms with Gasteiger partial charge in [-0.3, -0.25) is 9.88 Å². The molecule has 3 aromatic heterocycles. The number of pyridine rings is 1. The molecule has 3 aromatic rings. The quantitative estimate of drug-likeness (QED) is 0.676. The van der Waals surface area contributed by atoms with E-state index in [2.05, 4.69) is 20.0 Å². The lowest BCUT2D eigenvalue weighted by molar-refractivity contribution is -0.142. The van der Waals surface area contributed by atoms with Crippen molar-refractivity contribution in [1.29, 1.82) is 0 Å². The zero-order valence-electron chi connectivity index (χ0n) is 15.9. The first-order valence-electron chi connectivity index (χ1n) is 9.37. The molecule has 1 atom stereocenters. The second kappa shape index (κ2) is 7.16. The number of likely N-dealkylation sites (tertiary alicyclic amines) is 1. The van der Waals surface area contributed by atoms with Crippen molar-refractivity contribution >= 4 is 5.65 Å². The number of hydrogen-bond acceptors (Lipinski definition) is 4. The number of nitrogens with zero attached hydrogens (tertiary/aromatic N) is 5. The summed E-state index contributed by atoms with van der Waals surface area (Å²) in [6, 6.07) is 4.77. The molecule has 0 bridgehead atoms. The molecule has 0 spiro atoms. The van der Waals surface area contributed by atoms with E-state index in [4.69, 9.17) is 0 Å². The number of aryl methyl sites for hydroxylation is 2. The van der Waals surface area contributed by atoms with Gasteiger partial charge in [-0.05, 0) is 56.5 Å². The van der Waals surface area contributed by atoms with Gasteiger partial charge >= 0.3 is 6.18 Å². The third kappa shape index (κ3) is 3.73. The second-order valence-corrected chi connectivity index (χ2v) is 7.50. The molecule has 0 amide bonds. The van der Waals surface area contributed by atoms with Gasteiger partial charge in [-0.2, -0.15) is 18.3 Å². The molecule has 1 fully saturated rings. The molecule has 0 saturated carbocycles. The first-order valence-corrected chi connectivity index (χ1v) is 9.37. The summed E-state index contributed by atoms with van der Waals surface area (Å²) in [6.07, 6.45) is 1.08. The van der Waals surface area contributed by atoms with Gasteiger partial charge in [0.15, 0.2) is 5.65 Å². The lowest BCUT2D eigenvalue weighted by atomic mass is 9.94. The third-order valence-electron chi connectivity index (χ3n) is 5.32. The molecule has 1 saturated heterocycles. The van der Waals surface area contributed by atoms with Crippen molar-refractivity contribution in [3.8, 4) is 0 Å². The zero-order valence-corrected chi connectivity index (χ0v) is 15.9. The van der Waals surface area contributed by atoms with Gasteiger partial charge in [-0.25, -0.2) is 9.50 Å². The highest BCUT2D eigenvalue weighted by atomic mass is 19.4. The number of hydrogen-bond donors (Lipinski definition) is 0. The number of rotatable bonds is 3. The van der Waals surface area contributed by atoms with Crippen molar-refractivity contribution in [2.24, 2.45) is 0 Å². The average Bonchev–Trinajstić information content (AvgIpc) is 3.06. The number of piperidine rings is 1. The molecule has 8 heteroatoms. The predicted octanol–water partition coefficient (Wildman–Crippen LogP) is 4.14. The molecule has 148 valence electrons. The molecular weight excluding hydrogens is 367 g/mol. The van der Waals surface area contributed by atoms with Crippen LogP contribution in [0.25, 0.3) is 5.65 Å². The topological polar surface area (TPSA) is 46.3 Å². The van der Waals surface area contributed by atoms with Crippen LogP contribution in [0.15, 0.2) is 30.6 Å². The maximum Gasteiger partial charge on any atom is 0.433 e. The molecule has 28 heavy (non-hydrogen) atoms. The van der Waals surface area contributed by atoms with E-state index in [1.807, 2.05) is 19.2 Å². The summed E-state index contributed by atoms with van der Waals surface area (Å²) < 4.78 is 41.1. The minimum Gasteiger partial charge on any atom is -0.298 e. The third-order valence-corrected chi connectivity index (χ3v) is 5.32. The highest BCUT2D eigenvalue weighted by Gasteiger charge is 2.35. The molecule has 0 N–H and O–H groups in total.